The van der Waals surface area contributed by atoms with E-state index in [1.807, 2.05) is 0 Å². The number of primary sulfonamides is 1. The number of benzene rings is 1. The highest BCUT2D eigenvalue weighted by atomic mass is 32.2. The molecule has 0 spiro atoms. The Morgan fingerprint density at radius 1 is 1.24 bits per heavy atom. The van der Waals surface area contributed by atoms with Crippen molar-refractivity contribution in [1.82, 2.24) is 4.31 Å². The maximum atomic E-state index is 12.3. The third-order valence-corrected chi connectivity index (χ3v) is 5.46. The Hall–Kier alpha value is -1.49. The lowest BCUT2D eigenvalue weighted by atomic mass is 10.4. The highest BCUT2D eigenvalue weighted by molar-refractivity contribution is 7.90. The quantitative estimate of drug-likeness (QED) is 0.700. The van der Waals surface area contributed by atoms with E-state index >= 15 is 0 Å². The van der Waals surface area contributed by atoms with E-state index in [2.05, 4.69) is 4.74 Å². The smallest absolute Gasteiger partial charge is 0.306 e. The SMILES string of the molecule is COC(=O)CCN(C)S(=O)(=O)c1cccc(S(N)(=O)=O)c1. The molecule has 0 aliphatic heterocycles. The number of esters is 1. The number of nitrogens with zero attached hydrogens (tertiary/aromatic N) is 1. The monoisotopic (exact) mass is 336 g/mol. The van der Waals surface area contributed by atoms with Crippen LogP contribution in [0.2, 0.25) is 0 Å². The lowest BCUT2D eigenvalue weighted by molar-refractivity contribution is -0.140. The van der Waals surface area contributed by atoms with Crippen LogP contribution in [0.4, 0.5) is 0 Å². The standard InChI is InChI=1S/C11H16N2O6S2/c1-13(7-6-11(14)19-2)21(17,18)10-5-3-4-9(8-10)20(12,15)16/h3-5,8H,6-7H2,1-2H3,(H2,12,15,16). The van der Waals surface area contributed by atoms with Crippen molar-refractivity contribution >= 4 is 26.0 Å². The zero-order chi connectivity index (χ0) is 16.3. The lowest BCUT2D eigenvalue weighted by Gasteiger charge is -2.16. The lowest BCUT2D eigenvalue weighted by Crippen LogP contribution is -2.29. The van der Waals surface area contributed by atoms with Crippen LogP contribution in [0.3, 0.4) is 0 Å². The summed E-state index contributed by atoms with van der Waals surface area (Å²) < 4.78 is 52.4. The predicted molar refractivity (Wildman–Crippen MR) is 74.3 cm³/mol. The molecule has 0 aliphatic carbocycles. The van der Waals surface area contributed by atoms with E-state index in [9.17, 15) is 21.6 Å². The number of nitrogens with two attached hydrogens (primary N) is 1. The van der Waals surface area contributed by atoms with Gasteiger partial charge >= 0.3 is 5.97 Å². The van der Waals surface area contributed by atoms with Crippen molar-refractivity contribution in [2.24, 2.45) is 5.14 Å². The second-order valence-corrected chi connectivity index (χ2v) is 7.78. The molecule has 0 atom stereocenters. The summed E-state index contributed by atoms with van der Waals surface area (Å²) in [5.41, 5.74) is 0. The van der Waals surface area contributed by atoms with Crippen LogP contribution in [0.5, 0.6) is 0 Å². The fourth-order valence-electron chi connectivity index (χ4n) is 1.46. The molecule has 0 amide bonds. The minimum atomic E-state index is -4.00. The number of rotatable bonds is 6. The number of hydrogen-bond donors (Lipinski definition) is 1. The highest BCUT2D eigenvalue weighted by Crippen LogP contribution is 2.18. The molecule has 0 fully saturated rings. The van der Waals surface area contributed by atoms with E-state index in [1.54, 1.807) is 0 Å². The third kappa shape index (κ3) is 4.49. The first-order valence-electron chi connectivity index (χ1n) is 5.75. The van der Waals surface area contributed by atoms with Gasteiger partial charge in [0.25, 0.3) is 0 Å². The molecule has 21 heavy (non-hydrogen) atoms. The summed E-state index contributed by atoms with van der Waals surface area (Å²) in [4.78, 5) is 10.5. The van der Waals surface area contributed by atoms with Crippen LogP contribution in [0.15, 0.2) is 34.1 Å². The van der Waals surface area contributed by atoms with Crippen molar-refractivity contribution in [3.8, 4) is 0 Å². The minimum absolute atomic E-state index is 0.0887. The van der Waals surface area contributed by atoms with Gasteiger partial charge in [-0.25, -0.2) is 26.3 Å². The molecule has 10 heteroatoms. The average molecular weight is 336 g/mol. The Labute approximate surface area is 123 Å². The molecule has 0 aromatic heterocycles. The van der Waals surface area contributed by atoms with E-state index < -0.39 is 26.0 Å². The molecule has 8 nitrogen and oxygen atoms in total. The van der Waals surface area contributed by atoms with Crippen molar-refractivity contribution in [2.75, 3.05) is 20.7 Å². The van der Waals surface area contributed by atoms with Crippen LogP contribution in [0, 0.1) is 0 Å². The summed E-state index contributed by atoms with van der Waals surface area (Å²) in [6.07, 6.45) is -0.110. The average Bonchev–Trinajstić information content (AvgIpc) is 2.43. The predicted octanol–water partition coefficient (Wildman–Crippen LogP) is -0.482. The summed E-state index contributed by atoms with van der Waals surface area (Å²) in [5, 5.41) is 4.96. The van der Waals surface area contributed by atoms with Gasteiger partial charge in [-0.05, 0) is 18.2 Å². The molecule has 0 radical (unpaired) electrons. The van der Waals surface area contributed by atoms with Crippen LogP contribution < -0.4 is 5.14 Å². The van der Waals surface area contributed by atoms with Gasteiger partial charge in [-0.1, -0.05) is 6.07 Å². The molecule has 118 valence electrons. The molecular weight excluding hydrogens is 320 g/mol. The molecule has 1 rings (SSSR count). The van der Waals surface area contributed by atoms with Crippen LogP contribution in [-0.2, 0) is 29.6 Å². The molecule has 1 aromatic rings. The van der Waals surface area contributed by atoms with E-state index in [0.717, 1.165) is 10.4 Å². The van der Waals surface area contributed by atoms with Gasteiger partial charge < -0.3 is 4.74 Å². The van der Waals surface area contributed by atoms with E-state index in [-0.39, 0.29) is 22.8 Å². The fraction of sp³-hybridized carbons (Fsp3) is 0.364. The summed E-state index contributed by atoms with van der Waals surface area (Å²) in [6.45, 7) is -0.0887. The molecule has 0 saturated heterocycles. The van der Waals surface area contributed by atoms with Crippen molar-refractivity contribution < 1.29 is 26.4 Å². The first-order valence-corrected chi connectivity index (χ1v) is 8.73. The van der Waals surface area contributed by atoms with Gasteiger partial charge in [0.15, 0.2) is 0 Å². The number of ether oxygens (including phenoxy) is 1. The molecular formula is C11H16N2O6S2. The van der Waals surface area contributed by atoms with Gasteiger partial charge in [-0.15, -0.1) is 0 Å². The minimum Gasteiger partial charge on any atom is -0.469 e. The van der Waals surface area contributed by atoms with Crippen molar-refractivity contribution in [1.29, 1.82) is 0 Å². The zero-order valence-corrected chi connectivity index (χ0v) is 13.1. The second kappa shape index (κ2) is 6.52. The summed E-state index contributed by atoms with van der Waals surface area (Å²) in [7, 11) is -5.44. The number of sulfonamides is 2. The Kier molecular flexibility index (Phi) is 5.45. The maximum Gasteiger partial charge on any atom is 0.306 e. The van der Waals surface area contributed by atoms with Gasteiger partial charge in [0.2, 0.25) is 20.0 Å². The van der Waals surface area contributed by atoms with Crippen LogP contribution in [0.25, 0.3) is 0 Å². The summed E-state index contributed by atoms with van der Waals surface area (Å²) in [6, 6.07) is 4.70. The van der Waals surface area contributed by atoms with Crippen molar-refractivity contribution in [3.05, 3.63) is 24.3 Å². The van der Waals surface area contributed by atoms with Crippen molar-refractivity contribution in [3.63, 3.8) is 0 Å². The number of methoxy groups -OCH3 is 1. The van der Waals surface area contributed by atoms with Gasteiger partial charge in [0.1, 0.15) is 0 Å². The second-order valence-electron chi connectivity index (χ2n) is 4.17. The molecule has 1 aromatic carbocycles. The molecule has 2 N–H and O–H groups in total. The fourth-order valence-corrected chi connectivity index (χ4v) is 3.31. The van der Waals surface area contributed by atoms with Crippen molar-refractivity contribution in [2.45, 2.75) is 16.2 Å². The molecule has 0 saturated carbocycles. The number of carbonyl (C=O) groups is 1. The Bertz CT molecular complexity index is 727. The van der Waals surface area contributed by atoms with E-state index in [0.29, 0.717) is 0 Å². The molecule has 0 aliphatic rings. The van der Waals surface area contributed by atoms with E-state index in [1.165, 1.54) is 32.4 Å². The van der Waals surface area contributed by atoms with Crippen LogP contribution in [-0.4, -0.2) is 47.8 Å². The Morgan fingerprint density at radius 3 is 2.33 bits per heavy atom. The molecule has 0 unspecified atom stereocenters. The Balaban J connectivity index is 3.05. The number of hydrogen-bond acceptors (Lipinski definition) is 6. The Morgan fingerprint density at radius 2 is 1.81 bits per heavy atom. The van der Waals surface area contributed by atoms with Gasteiger partial charge in [0.05, 0.1) is 23.3 Å². The van der Waals surface area contributed by atoms with E-state index in [4.69, 9.17) is 5.14 Å². The first-order chi connectivity index (χ1) is 9.59. The normalized spacial score (nSPS) is 12.4. The zero-order valence-electron chi connectivity index (χ0n) is 11.5. The highest BCUT2D eigenvalue weighted by Gasteiger charge is 2.23. The maximum absolute atomic E-state index is 12.3. The molecule has 0 bridgehead atoms. The van der Waals surface area contributed by atoms with Crippen LogP contribution in [0.1, 0.15) is 6.42 Å². The molecule has 0 heterocycles. The van der Waals surface area contributed by atoms with Gasteiger partial charge in [0, 0.05) is 13.6 Å². The summed E-state index contributed by atoms with van der Waals surface area (Å²) in [5.74, 6) is -0.546. The van der Waals surface area contributed by atoms with Crippen LogP contribution >= 0.6 is 0 Å². The van der Waals surface area contributed by atoms with Gasteiger partial charge in [-0.2, -0.15) is 0 Å². The summed E-state index contributed by atoms with van der Waals surface area (Å²) >= 11 is 0. The van der Waals surface area contributed by atoms with Gasteiger partial charge in [-0.3, -0.25) is 4.79 Å². The number of carbonyl (C=O) groups excluding carboxylic acids is 1. The topological polar surface area (TPSA) is 124 Å². The third-order valence-electron chi connectivity index (χ3n) is 2.70. The largest absolute Gasteiger partial charge is 0.469 e. The first kappa shape index (κ1) is 17.6.